The molecule has 0 aromatic rings. The summed E-state index contributed by atoms with van der Waals surface area (Å²) >= 11 is 0. The van der Waals surface area contributed by atoms with E-state index in [1.807, 2.05) is 0 Å². The Morgan fingerprint density at radius 1 is 0.591 bits per heavy atom. The fourth-order valence-corrected chi connectivity index (χ4v) is 1.57. The summed E-state index contributed by atoms with van der Waals surface area (Å²) in [6, 6.07) is 0. The van der Waals surface area contributed by atoms with E-state index >= 15 is 0 Å². The van der Waals surface area contributed by atoms with Crippen molar-refractivity contribution in [3.63, 3.8) is 0 Å². The Balaban J connectivity index is 0. The average Bonchev–Trinajstić information content (AvgIpc) is 2.24. The Labute approximate surface area is 144 Å². The summed E-state index contributed by atoms with van der Waals surface area (Å²) in [4.78, 5) is 0. The van der Waals surface area contributed by atoms with Crippen molar-refractivity contribution in [2.45, 2.75) is 51.4 Å². The molecule has 0 amide bonds. The molecule has 6 heteroatoms. The molecule has 0 fully saturated rings. The summed E-state index contributed by atoms with van der Waals surface area (Å²) in [5.41, 5.74) is 0. The third-order valence-corrected chi connectivity index (χ3v) is 2.49. The van der Waals surface area contributed by atoms with Gasteiger partial charge in [0.15, 0.2) is 0 Å². The minimum absolute atomic E-state index is 0. The molecule has 0 nitrogen and oxygen atoms in total. The van der Waals surface area contributed by atoms with Crippen LogP contribution < -0.4 is 0 Å². The van der Waals surface area contributed by atoms with Crippen LogP contribution in [0.4, 0.5) is 17.3 Å². The molecule has 0 atom stereocenters. The van der Waals surface area contributed by atoms with Crippen molar-refractivity contribution in [3.05, 3.63) is 48.6 Å². The van der Waals surface area contributed by atoms with Crippen LogP contribution in [0.3, 0.4) is 0 Å². The van der Waals surface area contributed by atoms with Crippen LogP contribution in [0.15, 0.2) is 36.5 Å². The van der Waals surface area contributed by atoms with Gasteiger partial charge in [-0.3, -0.25) is 12.2 Å². The van der Waals surface area contributed by atoms with Crippen LogP contribution in [0.1, 0.15) is 51.4 Å². The summed E-state index contributed by atoms with van der Waals surface area (Å²) in [6.45, 7) is 0. The van der Waals surface area contributed by atoms with Gasteiger partial charge in [0.05, 0.1) is 0 Å². The molecule has 22 heavy (non-hydrogen) atoms. The van der Waals surface area contributed by atoms with Gasteiger partial charge >= 0.3 is 26.7 Å². The molecule has 2 rings (SSSR count). The molecule has 0 aromatic heterocycles. The van der Waals surface area contributed by atoms with Gasteiger partial charge in [-0.05, 0) is 12.8 Å². The van der Waals surface area contributed by atoms with E-state index < -0.39 is 7.25 Å². The quantitative estimate of drug-likeness (QED) is 0.194. The van der Waals surface area contributed by atoms with E-state index in [1.165, 1.54) is 38.5 Å². The van der Waals surface area contributed by atoms with E-state index in [0.717, 1.165) is 12.8 Å². The van der Waals surface area contributed by atoms with Crippen LogP contribution in [0.5, 0.6) is 0 Å². The predicted octanol–water partition coefficient (Wildman–Crippen LogP) is 6.25. The van der Waals surface area contributed by atoms with Crippen LogP contribution in [0.2, 0.25) is 0 Å². The van der Waals surface area contributed by atoms with Gasteiger partial charge in [0.25, 0.3) is 0 Å². The van der Waals surface area contributed by atoms with Gasteiger partial charge in [-0.25, -0.2) is 0 Å². The molecule has 0 saturated heterocycles. The standard InChI is InChI=1S/2C8H11.BF4.Rh/c2*1-2-4-6-8-7-5-3-1;2-1(3,4)5;/h2*1-2,7H,3-6H2;;/q3*-1;+2/b2-1-;;;. The smallest absolute Gasteiger partial charge is 0.500 e. The summed E-state index contributed by atoms with van der Waals surface area (Å²) in [5.74, 6) is 0. The Bertz CT molecular complexity index is 261. The van der Waals surface area contributed by atoms with E-state index in [4.69, 9.17) is 0 Å². The predicted molar refractivity (Wildman–Crippen MR) is 81.0 cm³/mol. The number of rotatable bonds is 0. The first-order valence-corrected chi connectivity index (χ1v) is 7.27. The zero-order chi connectivity index (χ0) is 15.8. The minimum atomic E-state index is -6.00. The molecule has 1 radical (unpaired) electrons. The van der Waals surface area contributed by atoms with E-state index in [1.54, 1.807) is 0 Å². The Kier molecular flexibility index (Phi) is 18.0. The zero-order valence-electron chi connectivity index (χ0n) is 12.5. The molecular formula is C16H22BF4Rh-. The topological polar surface area (TPSA) is 0 Å². The second-order valence-electron chi connectivity index (χ2n) is 4.49. The fraction of sp³-hybridized carbons (Fsp3) is 0.500. The number of allylic oxidation sites excluding steroid dienone is 8. The second kappa shape index (κ2) is 16.7. The van der Waals surface area contributed by atoms with E-state index in [-0.39, 0.29) is 19.5 Å². The van der Waals surface area contributed by atoms with Gasteiger partial charge in [-0.15, -0.1) is 0 Å². The molecule has 127 valence electrons. The van der Waals surface area contributed by atoms with E-state index in [9.17, 15) is 17.3 Å². The van der Waals surface area contributed by atoms with Crippen molar-refractivity contribution < 1.29 is 36.7 Å². The molecule has 2 aliphatic carbocycles. The van der Waals surface area contributed by atoms with Crippen molar-refractivity contribution >= 4 is 7.25 Å². The summed E-state index contributed by atoms with van der Waals surface area (Å²) < 4.78 is 39.0. The maximum absolute atomic E-state index is 9.75. The van der Waals surface area contributed by atoms with Crippen LogP contribution in [0, 0.1) is 12.2 Å². The number of halogens is 4. The molecule has 2 aliphatic rings. The molecule has 0 heterocycles. The average molecular weight is 404 g/mol. The Morgan fingerprint density at radius 3 is 1.27 bits per heavy atom. The van der Waals surface area contributed by atoms with Crippen molar-refractivity contribution in [1.29, 1.82) is 0 Å². The second-order valence-corrected chi connectivity index (χ2v) is 4.49. The molecule has 0 unspecified atom stereocenters. The van der Waals surface area contributed by atoms with Crippen molar-refractivity contribution in [3.8, 4) is 0 Å². The van der Waals surface area contributed by atoms with Gasteiger partial charge in [-0.2, -0.15) is 12.8 Å². The maximum atomic E-state index is 9.75. The van der Waals surface area contributed by atoms with Gasteiger partial charge in [0, 0.05) is 0 Å². The Hall–Kier alpha value is -0.632. The Morgan fingerprint density at radius 2 is 0.909 bits per heavy atom. The molecule has 0 spiro atoms. The van der Waals surface area contributed by atoms with Gasteiger partial charge in [0.2, 0.25) is 0 Å². The van der Waals surface area contributed by atoms with Crippen molar-refractivity contribution in [2.24, 2.45) is 0 Å². The third kappa shape index (κ3) is 27.7. The van der Waals surface area contributed by atoms with Gasteiger partial charge in [0.1, 0.15) is 0 Å². The molecular weight excluding hydrogens is 382 g/mol. The van der Waals surface area contributed by atoms with Crippen LogP contribution >= 0.6 is 0 Å². The van der Waals surface area contributed by atoms with E-state index in [2.05, 4.69) is 48.6 Å². The van der Waals surface area contributed by atoms with E-state index in [0.29, 0.717) is 0 Å². The van der Waals surface area contributed by atoms with Crippen molar-refractivity contribution in [1.82, 2.24) is 0 Å². The zero-order valence-corrected chi connectivity index (χ0v) is 14.2. The monoisotopic (exact) mass is 404 g/mol. The normalized spacial score (nSPS) is 18.7. The minimum Gasteiger partial charge on any atom is -0.500 e. The first-order chi connectivity index (χ1) is 10.0. The maximum Gasteiger partial charge on any atom is 2.00 e. The number of hydrogen-bond donors (Lipinski definition) is 0. The van der Waals surface area contributed by atoms with Gasteiger partial charge in [-0.1, -0.05) is 50.0 Å². The molecule has 0 bridgehead atoms. The third-order valence-electron chi connectivity index (χ3n) is 2.49. The van der Waals surface area contributed by atoms with Crippen LogP contribution in [0.25, 0.3) is 0 Å². The first kappa shape index (κ1) is 23.6. The first-order valence-electron chi connectivity index (χ1n) is 7.27. The summed E-state index contributed by atoms with van der Waals surface area (Å²) in [5, 5.41) is 0. The molecule has 0 aromatic carbocycles. The largest absolute Gasteiger partial charge is 2.00 e. The van der Waals surface area contributed by atoms with Crippen molar-refractivity contribution in [2.75, 3.05) is 0 Å². The SMILES string of the molecule is F[B-](F)(F)F.[C-]1=CCC/C=C\CC1.[C-]1=CCCC=CCC1.[Rh+2]. The van der Waals surface area contributed by atoms with Crippen LogP contribution in [-0.4, -0.2) is 7.25 Å². The van der Waals surface area contributed by atoms with Crippen LogP contribution in [-0.2, 0) is 19.5 Å². The number of hydrogen-bond acceptors (Lipinski definition) is 0. The molecule has 0 N–H and O–H groups in total. The summed E-state index contributed by atoms with van der Waals surface area (Å²) in [6.07, 6.45) is 29.0. The fourth-order valence-electron chi connectivity index (χ4n) is 1.57. The van der Waals surface area contributed by atoms with Gasteiger partial charge < -0.3 is 29.4 Å². The summed E-state index contributed by atoms with van der Waals surface area (Å²) in [7, 11) is -6.00. The molecule has 0 aliphatic heterocycles. The molecule has 0 saturated carbocycles.